The van der Waals surface area contributed by atoms with E-state index < -0.39 is 0 Å². The Morgan fingerprint density at radius 3 is 1.75 bits per heavy atom. The molecular formula is C7H9N5. The standard InChI is InChI=1S/C7H9N5/c1-4-5(2)9-7-6(8-4)10-12(3)11-7/h1-3H3. The van der Waals surface area contributed by atoms with Crippen LogP contribution in [0, 0.1) is 13.8 Å². The minimum Gasteiger partial charge on any atom is -0.227 e. The molecule has 0 unspecified atom stereocenters. The van der Waals surface area contributed by atoms with Gasteiger partial charge in [-0.3, -0.25) is 0 Å². The van der Waals surface area contributed by atoms with Crippen LogP contribution in [0.1, 0.15) is 11.4 Å². The zero-order chi connectivity index (χ0) is 8.72. The molecule has 0 atom stereocenters. The first kappa shape index (κ1) is 7.15. The van der Waals surface area contributed by atoms with Gasteiger partial charge in [0.1, 0.15) is 0 Å². The smallest absolute Gasteiger partial charge is 0.221 e. The molecule has 2 aromatic heterocycles. The van der Waals surface area contributed by atoms with E-state index in [1.54, 1.807) is 7.05 Å². The van der Waals surface area contributed by atoms with E-state index in [1.165, 1.54) is 4.80 Å². The molecule has 2 aromatic rings. The Morgan fingerprint density at radius 2 is 1.33 bits per heavy atom. The SMILES string of the molecule is Cc1nc2nn(C)nc2nc1C. The third-order valence-electron chi connectivity index (χ3n) is 1.75. The van der Waals surface area contributed by atoms with Gasteiger partial charge in [-0.2, -0.15) is 4.80 Å². The van der Waals surface area contributed by atoms with E-state index in [1.807, 2.05) is 13.8 Å². The minimum absolute atomic E-state index is 0.612. The van der Waals surface area contributed by atoms with Crippen molar-refractivity contribution in [2.75, 3.05) is 0 Å². The van der Waals surface area contributed by atoms with Gasteiger partial charge in [-0.05, 0) is 13.8 Å². The van der Waals surface area contributed by atoms with Crippen molar-refractivity contribution in [1.29, 1.82) is 0 Å². The molecule has 2 rings (SSSR count). The number of aryl methyl sites for hydroxylation is 3. The molecule has 0 bridgehead atoms. The first-order valence-electron chi connectivity index (χ1n) is 3.69. The maximum Gasteiger partial charge on any atom is 0.221 e. The monoisotopic (exact) mass is 163 g/mol. The van der Waals surface area contributed by atoms with Gasteiger partial charge in [0.15, 0.2) is 0 Å². The van der Waals surface area contributed by atoms with Crippen molar-refractivity contribution in [3.8, 4) is 0 Å². The minimum atomic E-state index is 0.612. The highest BCUT2D eigenvalue weighted by atomic mass is 15.5. The molecule has 5 nitrogen and oxygen atoms in total. The second-order valence-electron chi connectivity index (χ2n) is 2.73. The van der Waals surface area contributed by atoms with Crippen molar-refractivity contribution in [1.82, 2.24) is 25.0 Å². The molecule has 12 heavy (non-hydrogen) atoms. The predicted octanol–water partition coefficient (Wildman–Crippen LogP) is 0.375. The van der Waals surface area contributed by atoms with Crippen LogP contribution in [-0.2, 0) is 7.05 Å². The van der Waals surface area contributed by atoms with Crippen LogP contribution in [0.15, 0.2) is 0 Å². The fourth-order valence-electron chi connectivity index (χ4n) is 1.01. The van der Waals surface area contributed by atoms with Crippen LogP contribution in [0.3, 0.4) is 0 Å². The molecule has 0 aliphatic carbocycles. The summed E-state index contributed by atoms with van der Waals surface area (Å²) in [6, 6.07) is 0. The lowest BCUT2D eigenvalue weighted by atomic mass is 10.3. The van der Waals surface area contributed by atoms with E-state index in [0.29, 0.717) is 11.3 Å². The van der Waals surface area contributed by atoms with Crippen molar-refractivity contribution in [3.05, 3.63) is 11.4 Å². The van der Waals surface area contributed by atoms with Gasteiger partial charge in [0.05, 0.1) is 11.4 Å². The highest BCUT2D eigenvalue weighted by molar-refractivity contribution is 5.63. The molecule has 62 valence electrons. The second-order valence-corrected chi connectivity index (χ2v) is 2.73. The van der Waals surface area contributed by atoms with Crippen molar-refractivity contribution in [2.45, 2.75) is 13.8 Å². The van der Waals surface area contributed by atoms with Crippen LogP contribution < -0.4 is 0 Å². The number of hydrogen-bond acceptors (Lipinski definition) is 4. The quantitative estimate of drug-likeness (QED) is 0.563. The molecule has 0 saturated heterocycles. The Labute approximate surface area is 69.4 Å². The maximum atomic E-state index is 4.24. The predicted molar refractivity (Wildman–Crippen MR) is 43.6 cm³/mol. The summed E-state index contributed by atoms with van der Waals surface area (Å²) < 4.78 is 0. The average Bonchev–Trinajstić information content (AvgIpc) is 2.30. The van der Waals surface area contributed by atoms with E-state index in [0.717, 1.165) is 11.4 Å². The molecule has 0 fully saturated rings. The van der Waals surface area contributed by atoms with Gasteiger partial charge >= 0.3 is 0 Å². The molecule has 0 radical (unpaired) electrons. The van der Waals surface area contributed by atoms with Gasteiger partial charge in [0.25, 0.3) is 0 Å². The Kier molecular flexibility index (Phi) is 1.33. The summed E-state index contributed by atoms with van der Waals surface area (Å²) in [6.07, 6.45) is 0. The van der Waals surface area contributed by atoms with Crippen LogP contribution in [-0.4, -0.2) is 25.0 Å². The van der Waals surface area contributed by atoms with E-state index in [2.05, 4.69) is 20.2 Å². The fourth-order valence-corrected chi connectivity index (χ4v) is 1.01. The van der Waals surface area contributed by atoms with Crippen LogP contribution in [0.4, 0.5) is 0 Å². The third kappa shape index (κ3) is 0.939. The van der Waals surface area contributed by atoms with Crippen molar-refractivity contribution >= 4 is 11.3 Å². The summed E-state index contributed by atoms with van der Waals surface area (Å²) in [5, 5.41) is 8.09. The second kappa shape index (κ2) is 2.23. The van der Waals surface area contributed by atoms with Gasteiger partial charge in [-0.15, -0.1) is 10.2 Å². The summed E-state index contributed by atoms with van der Waals surface area (Å²) in [5.74, 6) is 0. The number of hydrogen-bond donors (Lipinski definition) is 0. The molecule has 5 heteroatoms. The maximum absolute atomic E-state index is 4.24. The van der Waals surface area contributed by atoms with Crippen molar-refractivity contribution in [3.63, 3.8) is 0 Å². The normalized spacial score (nSPS) is 10.9. The Morgan fingerprint density at radius 1 is 0.917 bits per heavy atom. The Balaban J connectivity index is 2.83. The molecule has 0 aromatic carbocycles. The molecule has 0 N–H and O–H groups in total. The summed E-state index contributed by atoms with van der Waals surface area (Å²) in [6.45, 7) is 3.83. The third-order valence-corrected chi connectivity index (χ3v) is 1.75. The average molecular weight is 163 g/mol. The van der Waals surface area contributed by atoms with Crippen LogP contribution in [0.5, 0.6) is 0 Å². The highest BCUT2D eigenvalue weighted by Gasteiger charge is 2.05. The van der Waals surface area contributed by atoms with E-state index in [-0.39, 0.29) is 0 Å². The number of fused-ring (bicyclic) bond motifs is 1. The molecule has 2 heterocycles. The zero-order valence-corrected chi connectivity index (χ0v) is 7.24. The first-order valence-corrected chi connectivity index (χ1v) is 3.69. The molecule has 0 spiro atoms. The summed E-state index contributed by atoms with van der Waals surface area (Å²) in [5.41, 5.74) is 3.03. The Hall–Kier alpha value is -1.52. The Bertz CT molecular complexity index is 392. The summed E-state index contributed by atoms with van der Waals surface area (Å²) >= 11 is 0. The lowest BCUT2D eigenvalue weighted by molar-refractivity contribution is 0.662. The topological polar surface area (TPSA) is 56.5 Å². The first-order chi connectivity index (χ1) is 5.66. The summed E-state index contributed by atoms with van der Waals surface area (Å²) in [7, 11) is 1.76. The number of nitrogens with zero attached hydrogens (tertiary/aromatic N) is 5. The number of aromatic nitrogens is 5. The highest BCUT2D eigenvalue weighted by Crippen LogP contribution is 2.06. The lowest BCUT2D eigenvalue weighted by Crippen LogP contribution is -1.91. The van der Waals surface area contributed by atoms with Crippen molar-refractivity contribution < 1.29 is 0 Å². The van der Waals surface area contributed by atoms with Gasteiger partial charge in [0.2, 0.25) is 11.3 Å². The van der Waals surface area contributed by atoms with E-state index in [4.69, 9.17) is 0 Å². The summed E-state index contributed by atoms with van der Waals surface area (Å²) in [4.78, 5) is 9.95. The largest absolute Gasteiger partial charge is 0.227 e. The fraction of sp³-hybridized carbons (Fsp3) is 0.429. The molecular weight excluding hydrogens is 154 g/mol. The van der Waals surface area contributed by atoms with Gasteiger partial charge < -0.3 is 0 Å². The van der Waals surface area contributed by atoms with Crippen molar-refractivity contribution in [2.24, 2.45) is 7.05 Å². The number of rotatable bonds is 0. The van der Waals surface area contributed by atoms with Gasteiger partial charge in [-0.1, -0.05) is 0 Å². The van der Waals surface area contributed by atoms with E-state index >= 15 is 0 Å². The molecule has 0 saturated carbocycles. The molecule has 0 amide bonds. The lowest BCUT2D eigenvalue weighted by Gasteiger charge is -1.93. The van der Waals surface area contributed by atoms with Gasteiger partial charge in [-0.25, -0.2) is 9.97 Å². The molecule has 0 aliphatic heterocycles. The molecule has 0 aliphatic rings. The van der Waals surface area contributed by atoms with E-state index in [9.17, 15) is 0 Å². The van der Waals surface area contributed by atoms with Gasteiger partial charge in [0, 0.05) is 7.05 Å². The van der Waals surface area contributed by atoms with Crippen LogP contribution >= 0.6 is 0 Å². The zero-order valence-electron chi connectivity index (χ0n) is 7.24. The van der Waals surface area contributed by atoms with Crippen LogP contribution in [0.2, 0.25) is 0 Å². The van der Waals surface area contributed by atoms with Crippen LogP contribution in [0.25, 0.3) is 11.3 Å².